The van der Waals surface area contributed by atoms with E-state index in [9.17, 15) is 4.79 Å². The molecule has 0 aromatic rings. The Hall–Kier alpha value is -0.610. The van der Waals surface area contributed by atoms with Crippen LogP contribution in [0.5, 0.6) is 0 Å². The van der Waals surface area contributed by atoms with Crippen molar-refractivity contribution in [2.24, 2.45) is 5.92 Å². The number of rotatable bonds is 4. The van der Waals surface area contributed by atoms with Crippen molar-refractivity contribution in [2.75, 3.05) is 33.8 Å². The van der Waals surface area contributed by atoms with Crippen molar-refractivity contribution in [1.82, 2.24) is 10.2 Å². The number of nitrogens with one attached hydrogen (secondary N) is 1. The smallest absolute Gasteiger partial charge is 0.254 e. The van der Waals surface area contributed by atoms with Crippen LogP contribution in [0.25, 0.3) is 0 Å². The van der Waals surface area contributed by atoms with E-state index in [4.69, 9.17) is 4.74 Å². The van der Waals surface area contributed by atoms with E-state index < -0.39 is 5.60 Å². The molecule has 1 aliphatic rings. The summed E-state index contributed by atoms with van der Waals surface area (Å²) in [6.45, 7) is 6.34. The van der Waals surface area contributed by atoms with Gasteiger partial charge in [-0.1, -0.05) is 0 Å². The molecule has 1 heterocycles. The van der Waals surface area contributed by atoms with Crippen LogP contribution >= 0.6 is 0 Å². The number of hydrogen-bond acceptors (Lipinski definition) is 3. The van der Waals surface area contributed by atoms with E-state index in [1.165, 1.54) is 0 Å². The fourth-order valence-electron chi connectivity index (χ4n) is 1.94. The van der Waals surface area contributed by atoms with Gasteiger partial charge in [-0.2, -0.15) is 0 Å². The van der Waals surface area contributed by atoms with Gasteiger partial charge >= 0.3 is 0 Å². The molecule has 4 heteroatoms. The van der Waals surface area contributed by atoms with Crippen molar-refractivity contribution in [3.05, 3.63) is 0 Å². The van der Waals surface area contributed by atoms with Crippen LogP contribution in [-0.4, -0.2) is 50.2 Å². The van der Waals surface area contributed by atoms with Gasteiger partial charge in [0.05, 0.1) is 0 Å². The Bertz CT molecular complexity index is 229. The van der Waals surface area contributed by atoms with Crippen LogP contribution in [-0.2, 0) is 9.53 Å². The molecular weight excluding hydrogens is 192 g/mol. The number of nitrogens with zero attached hydrogens (tertiary/aromatic N) is 1. The fraction of sp³-hybridized carbons (Fsp3) is 0.909. The molecule has 1 unspecified atom stereocenters. The summed E-state index contributed by atoms with van der Waals surface area (Å²) in [5.74, 6) is 0.690. The van der Waals surface area contributed by atoms with Crippen LogP contribution in [0.1, 0.15) is 20.3 Å². The molecule has 1 saturated heterocycles. The average molecular weight is 214 g/mol. The summed E-state index contributed by atoms with van der Waals surface area (Å²) < 4.78 is 5.20. The minimum atomic E-state index is -0.686. The normalized spacial score (nSPS) is 22.1. The van der Waals surface area contributed by atoms with Gasteiger partial charge in [-0.25, -0.2) is 0 Å². The molecule has 1 N–H and O–H groups in total. The Labute approximate surface area is 92.0 Å². The number of ether oxygens (including phenoxy) is 1. The van der Waals surface area contributed by atoms with Gasteiger partial charge in [-0.05, 0) is 39.8 Å². The van der Waals surface area contributed by atoms with Crippen LogP contribution in [0.2, 0.25) is 0 Å². The van der Waals surface area contributed by atoms with Crippen LogP contribution in [0.3, 0.4) is 0 Å². The van der Waals surface area contributed by atoms with Crippen molar-refractivity contribution < 1.29 is 9.53 Å². The highest BCUT2D eigenvalue weighted by Crippen LogP contribution is 2.20. The van der Waals surface area contributed by atoms with Gasteiger partial charge in [-0.15, -0.1) is 0 Å². The van der Waals surface area contributed by atoms with Gasteiger partial charge in [0.15, 0.2) is 0 Å². The second kappa shape index (κ2) is 4.94. The first kappa shape index (κ1) is 12.5. The molecule has 1 aliphatic heterocycles. The van der Waals surface area contributed by atoms with E-state index in [2.05, 4.69) is 5.32 Å². The van der Waals surface area contributed by atoms with Gasteiger partial charge in [0, 0.05) is 20.2 Å². The largest absolute Gasteiger partial charge is 0.369 e. The molecule has 1 fully saturated rings. The van der Waals surface area contributed by atoms with Gasteiger partial charge in [0.25, 0.3) is 5.91 Å². The predicted molar refractivity (Wildman–Crippen MR) is 59.7 cm³/mol. The standard InChI is InChI=1S/C11H22N2O2/c1-11(2,15-4)10(14)13-6-5-9(8-13)7-12-3/h9,12H,5-8H2,1-4H3. The predicted octanol–water partition coefficient (Wildman–Crippen LogP) is 0.479. The second-order valence-electron chi connectivity index (χ2n) is 4.68. The molecular formula is C11H22N2O2. The third-order valence-electron chi connectivity index (χ3n) is 3.09. The Morgan fingerprint density at radius 3 is 2.80 bits per heavy atom. The topological polar surface area (TPSA) is 41.6 Å². The number of hydrogen-bond donors (Lipinski definition) is 1. The highest BCUT2D eigenvalue weighted by atomic mass is 16.5. The SMILES string of the molecule is CNCC1CCN(C(=O)C(C)(C)OC)C1. The van der Waals surface area contributed by atoms with E-state index in [1.54, 1.807) is 7.11 Å². The molecule has 1 atom stereocenters. The number of likely N-dealkylation sites (tertiary alicyclic amines) is 1. The quantitative estimate of drug-likeness (QED) is 0.740. The van der Waals surface area contributed by atoms with Crippen molar-refractivity contribution in [3.63, 3.8) is 0 Å². The molecule has 0 spiro atoms. The molecule has 0 saturated carbocycles. The van der Waals surface area contributed by atoms with Crippen molar-refractivity contribution in [1.29, 1.82) is 0 Å². The lowest BCUT2D eigenvalue weighted by Crippen LogP contribution is -2.45. The van der Waals surface area contributed by atoms with Gasteiger partial charge in [-0.3, -0.25) is 4.79 Å². The molecule has 88 valence electrons. The Kier molecular flexibility index (Phi) is 4.11. The van der Waals surface area contributed by atoms with Crippen LogP contribution in [0.4, 0.5) is 0 Å². The van der Waals surface area contributed by atoms with Crippen LogP contribution in [0.15, 0.2) is 0 Å². The summed E-state index contributed by atoms with van der Waals surface area (Å²) in [4.78, 5) is 13.9. The van der Waals surface area contributed by atoms with Crippen molar-refractivity contribution in [2.45, 2.75) is 25.9 Å². The lowest BCUT2D eigenvalue weighted by Gasteiger charge is -2.28. The van der Waals surface area contributed by atoms with Gasteiger partial charge in [0.1, 0.15) is 5.60 Å². The van der Waals surface area contributed by atoms with E-state index >= 15 is 0 Å². The van der Waals surface area contributed by atoms with Gasteiger partial charge in [0.2, 0.25) is 0 Å². The van der Waals surface area contributed by atoms with E-state index in [0.717, 1.165) is 26.1 Å². The van der Waals surface area contributed by atoms with E-state index in [0.29, 0.717) is 5.92 Å². The number of carbonyl (C=O) groups excluding carboxylic acids is 1. The highest BCUT2D eigenvalue weighted by Gasteiger charge is 2.35. The first-order valence-corrected chi connectivity index (χ1v) is 5.50. The zero-order chi connectivity index (χ0) is 11.5. The Morgan fingerprint density at radius 2 is 2.27 bits per heavy atom. The average Bonchev–Trinajstić information content (AvgIpc) is 2.66. The first-order chi connectivity index (χ1) is 7.01. The highest BCUT2D eigenvalue weighted by molar-refractivity contribution is 5.84. The molecule has 1 amide bonds. The van der Waals surface area contributed by atoms with E-state index in [-0.39, 0.29) is 5.91 Å². The summed E-state index contributed by atoms with van der Waals surface area (Å²) >= 11 is 0. The summed E-state index contributed by atoms with van der Waals surface area (Å²) in [6, 6.07) is 0. The second-order valence-corrected chi connectivity index (χ2v) is 4.68. The lowest BCUT2D eigenvalue weighted by atomic mass is 10.1. The van der Waals surface area contributed by atoms with Crippen molar-refractivity contribution >= 4 is 5.91 Å². The Morgan fingerprint density at radius 1 is 1.60 bits per heavy atom. The maximum atomic E-state index is 12.0. The first-order valence-electron chi connectivity index (χ1n) is 5.50. The maximum absolute atomic E-state index is 12.0. The summed E-state index contributed by atoms with van der Waals surface area (Å²) in [6.07, 6.45) is 1.09. The van der Waals surface area contributed by atoms with Crippen LogP contribution in [0, 0.1) is 5.92 Å². The number of carbonyl (C=O) groups is 1. The molecule has 0 aromatic carbocycles. The number of amides is 1. The Balaban J connectivity index is 2.50. The minimum absolute atomic E-state index is 0.101. The molecule has 15 heavy (non-hydrogen) atoms. The molecule has 0 aromatic heterocycles. The molecule has 0 bridgehead atoms. The third-order valence-corrected chi connectivity index (χ3v) is 3.09. The minimum Gasteiger partial charge on any atom is -0.369 e. The summed E-state index contributed by atoms with van der Waals surface area (Å²) in [7, 11) is 3.53. The monoisotopic (exact) mass is 214 g/mol. The molecule has 4 nitrogen and oxygen atoms in total. The van der Waals surface area contributed by atoms with Crippen molar-refractivity contribution in [3.8, 4) is 0 Å². The summed E-state index contributed by atoms with van der Waals surface area (Å²) in [5.41, 5.74) is -0.686. The zero-order valence-electron chi connectivity index (χ0n) is 10.2. The molecule has 0 aliphatic carbocycles. The number of methoxy groups -OCH3 is 1. The lowest BCUT2D eigenvalue weighted by molar-refractivity contribution is -0.149. The molecule has 0 radical (unpaired) electrons. The molecule has 1 rings (SSSR count). The maximum Gasteiger partial charge on any atom is 0.254 e. The van der Waals surface area contributed by atoms with E-state index in [1.807, 2.05) is 25.8 Å². The summed E-state index contributed by atoms with van der Waals surface area (Å²) in [5, 5.41) is 3.15. The third kappa shape index (κ3) is 2.92. The van der Waals surface area contributed by atoms with Gasteiger partial charge < -0.3 is 15.0 Å². The fourth-order valence-corrected chi connectivity index (χ4v) is 1.94. The zero-order valence-corrected chi connectivity index (χ0v) is 10.2. The van der Waals surface area contributed by atoms with Crippen LogP contribution < -0.4 is 5.32 Å².